The summed E-state index contributed by atoms with van der Waals surface area (Å²) in [5, 5.41) is 10.1. The van der Waals surface area contributed by atoms with Gasteiger partial charge in [0, 0.05) is 22.6 Å². The molecule has 1 aliphatic heterocycles. The van der Waals surface area contributed by atoms with Crippen LogP contribution in [0.5, 0.6) is 0 Å². The van der Waals surface area contributed by atoms with Crippen LogP contribution in [0.3, 0.4) is 0 Å². The Hall–Kier alpha value is -0.493. The summed E-state index contributed by atoms with van der Waals surface area (Å²) in [4.78, 5) is 26.2. The van der Waals surface area contributed by atoms with E-state index in [2.05, 4.69) is 61.4 Å². The highest BCUT2D eigenvalue weighted by Crippen LogP contribution is 2.44. The van der Waals surface area contributed by atoms with Gasteiger partial charge in [-0.05, 0) is 25.1 Å². The number of nitrogens with one attached hydrogen (secondary N) is 1. The second-order valence-electron chi connectivity index (χ2n) is 8.51. The second kappa shape index (κ2) is 7.49. The topological polar surface area (TPSA) is 93.6 Å². The molecule has 0 bridgehead atoms. The number of aliphatic hydroxyl groups excluding tert-OH is 1. The molecule has 2 heterocycles. The number of aryl methyl sites for hydroxylation is 1. The van der Waals surface area contributed by atoms with Crippen molar-refractivity contribution in [1.82, 2.24) is 9.55 Å². The largest absolute Gasteiger partial charge is 0.411 e. The highest BCUT2D eigenvalue weighted by Gasteiger charge is 2.53. The van der Waals surface area contributed by atoms with Crippen molar-refractivity contribution < 1.29 is 14.3 Å². The van der Waals surface area contributed by atoms with E-state index >= 15 is 0 Å². The zero-order chi connectivity index (χ0) is 19.9. The fourth-order valence-corrected chi connectivity index (χ4v) is 5.04. The molecule has 0 radical (unpaired) electrons. The lowest BCUT2D eigenvalue weighted by molar-refractivity contribution is -0.109. The molecule has 1 saturated heterocycles. The molecular formula is C17H29IN2O5Si. The molecule has 1 aromatic heterocycles. The lowest BCUT2D eigenvalue weighted by atomic mass is 10.0. The molecule has 3 atom stereocenters. The number of nitrogens with zero attached hydrogens (tertiary/aromatic N) is 1. The van der Waals surface area contributed by atoms with Gasteiger partial charge in [-0.3, -0.25) is 14.3 Å². The maximum atomic E-state index is 12.2. The molecule has 7 nitrogen and oxygen atoms in total. The van der Waals surface area contributed by atoms with Crippen LogP contribution in [-0.4, -0.2) is 45.7 Å². The average Bonchev–Trinajstić information content (AvgIpc) is 2.88. The van der Waals surface area contributed by atoms with Gasteiger partial charge in [0.1, 0.15) is 11.8 Å². The van der Waals surface area contributed by atoms with E-state index in [0.717, 1.165) is 0 Å². The van der Waals surface area contributed by atoms with E-state index in [-0.39, 0.29) is 17.7 Å². The van der Waals surface area contributed by atoms with Gasteiger partial charge in [0.25, 0.3) is 5.56 Å². The second-order valence-corrected chi connectivity index (χ2v) is 14.0. The first-order chi connectivity index (χ1) is 11.9. The summed E-state index contributed by atoms with van der Waals surface area (Å²) in [5.41, 5.74) is -1.35. The first kappa shape index (κ1) is 21.8. The molecule has 2 rings (SSSR count). The highest BCUT2D eigenvalue weighted by molar-refractivity contribution is 14.1. The first-order valence-electron chi connectivity index (χ1n) is 8.71. The van der Waals surface area contributed by atoms with Crippen molar-refractivity contribution in [3.63, 3.8) is 0 Å². The quantitative estimate of drug-likeness (QED) is 0.371. The van der Waals surface area contributed by atoms with Crippen LogP contribution in [0.25, 0.3) is 0 Å². The number of alkyl halides is 1. The third kappa shape index (κ3) is 4.01. The van der Waals surface area contributed by atoms with Crippen molar-refractivity contribution in [3.8, 4) is 0 Å². The lowest BCUT2D eigenvalue weighted by Crippen LogP contribution is -2.53. The van der Waals surface area contributed by atoms with Crippen molar-refractivity contribution in [2.45, 2.75) is 70.2 Å². The molecule has 0 amide bonds. The van der Waals surface area contributed by atoms with Crippen LogP contribution in [0.15, 0.2) is 15.8 Å². The number of H-pyrrole nitrogens is 1. The molecule has 148 valence electrons. The number of aliphatic hydroxyl groups is 1. The van der Waals surface area contributed by atoms with Gasteiger partial charge in [-0.25, -0.2) is 4.79 Å². The third-order valence-corrected chi connectivity index (χ3v) is 11.3. The molecule has 0 spiro atoms. The lowest BCUT2D eigenvalue weighted by Gasteiger charge is -2.42. The molecule has 0 saturated carbocycles. The van der Waals surface area contributed by atoms with E-state index in [1.807, 2.05) is 0 Å². The van der Waals surface area contributed by atoms with Crippen molar-refractivity contribution in [2.24, 2.45) is 0 Å². The molecule has 9 heteroatoms. The molecule has 1 unspecified atom stereocenters. The van der Waals surface area contributed by atoms with Crippen molar-refractivity contribution >= 4 is 30.9 Å². The minimum absolute atomic E-state index is 0.0168. The zero-order valence-corrected chi connectivity index (χ0v) is 19.4. The highest BCUT2D eigenvalue weighted by atomic mass is 127. The van der Waals surface area contributed by atoms with Crippen LogP contribution < -0.4 is 11.2 Å². The maximum absolute atomic E-state index is 12.2. The number of aromatic amines is 1. The Morgan fingerprint density at radius 2 is 2.08 bits per heavy atom. The molecule has 2 N–H and O–H groups in total. The number of ether oxygens (including phenoxy) is 1. The van der Waals surface area contributed by atoms with Crippen LogP contribution in [0, 0.1) is 6.92 Å². The summed E-state index contributed by atoms with van der Waals surface area (Å²) >= 11 is 2.19. The Morgan fingerprint density at radius 3 is 2.58 bits per heavy atom. The summed E-state index contributed by atoms with van der Waals surface area (Å²) in [6, 6.07) is 0. The molecule has 1 aromatic rings. The van der Waals surface area contributed by atoms with Gasteiger partial charge in [-0.1, -0.05) is 43.4 Å². The van der Waals surface area contributed by atoms with E-state index in [1.165, 1.54) is 10.8 Å². The normalized spacial score (nSPS) is 27.1. The molecule has 1 fully saturated rings. The van der Waals surface area contributed by atoms with Gasteiger partial charge in [-0.2, -0.15) is 0 Å². The fraction of sp³-hybridized carbons (Fsp3) is 0.765. The van der Waals surface area contributed by atoms with Crippen molar-refractivity contribution in [3.05, 3.63) is 32.6 Å². The summed E-state index contributed by atoms with van der Waals surface area (Å²) in [7, 11) is -2.09. The van der Waals surface area contributed by atoms with Crippen LogP contribution in [0.1, 0.15) is 39.0 Å². The Bertz CT molecular complexity index is 764. The third-order valence-electron chi connectivity index (χ3n) is 5.57. The van der Waals surface area contributed by atoms with Crippen molar-refractivity contribution in [1.29, 1.82) is 0 Å². The summed E-state index contributed by atoms with van der Waals surface area (Å²) in [6.07, 6.45) is 1.04. The van der Waals surface area contributed by atoms with Gasteiger partial charge >= 0.3 is 5.69 Å². The standard InChI is InChI=1S/C17H29IN2O5Si/c1-11-8-20(15(23)19-14(11)22)13-7-12(17(9-18,10-21)24-13)25-26(5,6)16(2,3)4/h8,12-13,21H,7,9-10H2,1-6H3,(H,19,22,23)/t12?,13-,17-/m1/s1. The smallest absolute Gasteiger partial charge is 0.330 e. The zero-order valence-electron chi connectivity index (χ0n) is 16.3. The summed E-state index contributed by atoms with van der Waals surface area (Å²) < 4.78 is 14.7. The molecule has 0 aromatic carbocycles. The maximum Gasteiger partial charge on any atom is 0.330 e. The number of hydrogen-bond donors (Lipinski definition) is 2. The minimum Gasteiger partial charge on any atom is -0.411 e. The van der Waals surface area contributed by atoms with Gasteiger partial charge < -0.3 is 14.3 Å². The van der Waals surface area contributed by atoms with Crippen LogP contribution in [0.4, 0.5) is 0 Å². The van der Waals surface area contributed by atoms with E-state index in [9.17, 15) is 14.7 Å². The van der Waals surface area contributed by atoms with Gasteiger partial charge in [0.05, 0.1) is 12.7 Å². The molecule has 26 heavy (non-hydrogen) atoms. The minimum atomic E-state index is -2.09. The summed E-state index contributed by atoms with van der Waals surface area (Å²) in [5.74, 6) is 0. The van der Waals surface area contributed by atoms with Gasteiger partial charge in [-0.15, -0.1) is 0 Å². The van der Waals surface area contributed by atoms with Crippen molar-refractivity contribution in [2.75, 3.05) is 11.0 Å². The van der Waals surface area contributed by atoms with E-state index < -0.39 is 31.4 Å². The predicted molar refractivity (Wildman–Crippen MR) is 112 cm³/mol. The Labute approximate surface area is 168 Å². The fourth-order valence-electron chi connectivity index (χ4n) is 2.75. The van der Waals surface area contributed by atoms with Crippen LogP contribution in [-0.2, 0) is 9.16 Å². The van der Waals surface area contributed by atoms with E-state index in [4.69, 9.17) is 9.16 Å². The first-order valence-corrected chi connectivity index (χ1v) is 13.1. The Balaban J connectivity index is 2.40. The number of aromatic nitrogens is 2. The predicted octanol–water partition coefficient (Wildman–Crippen LogP) is 2.32. The van der Waals surface area contributed by atoms with E-state index in [1.54, 1.807) is 6.92 Å². The number of hydrogen-bond acceptors (Lipinski definition) is 5. The van der Waals surface area contributed by atoms with Crippen LogP contribution in [0.2, 0.25) is 18.1 Å². The van der Waals surface area contributed by atoms with Gasteiger partial charge in [0.15, 0.2) is 8.32 Å². The van der Waals surface area contributed by atoms with Crippen LogP contribution >= 0.6 is 22.6 Å². The summed E-state index contributed by atoms with van der Waals surface area (Å²) in [6.45, 7) is 12.2. The van der Waals surface area contributed by atoms with E-state index in [0.29, 0.717) is 16.4 Å². The average molecular weight is 496 g/mol. The van der Waals surface area contributed by atoms with Gasteiger partial charge in [0.2, 0.25) is 0 Å². The molecular weight excluding hydrogens is 467 g/mol. The SMILES string of the molecule is Cc1cn([C@H]2CC(O[Si](C)(C)C(C)(C)C)[C@](CO)(CI)O2)c(=O)[nH]c1=O. The molecule has 1 aliphatic rings. The Morgan fingerprint density at radius 1 is 1.46 bits per heavy atom. The monoisotopic (exact) mass is 496 g/mol. The Kier molecular flexibility index (Phi) is 6.28. The molecule has 0 aliphatic carbocycles. The number of rotatable bonds is 5. The number of halogens is 1.